The first-order valence-electron chi connectivity index (χ1n) is 9.23. The molecule has 0 saturated carbocycles. The van der Waals surface area contributed by atoms with Crippen LogP contribution in [0.25, 0.3) is 11.4 Å². The van der Waals surface area contributed by atoms with E-state index in [1.807, 2.05) is 30.3 Å². The van der Waals surface area contributed by atoms with Gasteiger partial charge in [0.05, 0.1) is 0 Å². The molecule has 0 fully saturated rings. The standard InChI is InChI=1S/C21H25N5O/c1-4-16-12-9-13-17(5-2)18(16)19-23-20(24-21(27)26(19)3)25-22-14-15-10-7-6-8-11-15/h6-13,22H,4-5,14H2,1-3H3,(H,24,25,27). The Morgan fingerprint density at radius 1 is 0.926 bits per heavy atom. The number of nitrogens with zero attached hydrogens (tertiary/aromatic N) is 3. The normalized spacial score (nSPS) is 10.8. The van der Waals surface area contributed by atoms with Crippen LogP contribution in [0.2, 0.25) is 0 Å². The van der Waals surface area contributed by atoms with Crippen molar-refractivity contribution in [1.82, 2.24) is 20.0 Å². The molecule has 0 aliphatic rings. The van der Waals surface area contributed by atoms with Gasteiger partial charge in [0.1, 0.15) is 5.82 Å². The molecular formula is C21H25N5O. The van der Waals surface area contributed by atoms with E-state index >= 15 is 0 Å². The van der Waals surface area contributed by atoms with Crippen LogP contribution in [0.4, 0.5) is 5.95 Å². The van der Waals surface area contributed by atoms with E-state index in [1.54, 1.807) is 7.05 Å². The van der Waals surface area contributed by atoms with Gasteiger partial charge in [0, 0.05) is 19.2 Å². The summed E-state index contributed by atoms with van der Waals surface area (Å²) in [5.74, 6) is 0.908. The van der Waals surface area contributed by atoms with E-state index in [0.29, 0.717) is 12.4 Å². The molecule has 2 aromatic carbocycles. The first-order valence-corrected chi connectivity index (χ1v) is 9.23. The van der Waals surface area contributed by atoms with Gasteiger partial charge < -0.3 is 0 Å². The molecule has 0 aliphatic heterocycles. The molecule has 1 heterocycles. The molecule has 1 aromatic heterocycles. The molecule has 140 valence electrons. The Bertz CT molecular complexity index is 944. The number of aryl methyl sites for hydroxylation is 2. The van der Waals surface area contributed by atoms with Gasteiger partial charge in [0.2, 0.25) is 5.95 Å². The van der Waals surface area contributed by atoms with Crippen molar-refractivity contribution in [3.8, 4) is 11.4 Å². The number of benzene rings is 2. The second kappa shape index (κ2) is 8.60. The quantitative estimate of drug-likeness (QED) is 0.631. The van der Waals surface area contributed by atoms with E-state index in [2.05, 4.69) is 52.9 Å². The molecule has 0 spiro atoms. The van der Waals surface area contributed by atoms with E-state index in [9.17, 15) is 4.79 Å². The molecule has 6 heteroatoms. The fourth-order valence-electron chi connectivity index (χ4n) is 3.09. The third kappa shape index (κ3) is 4.23. The highest BCUT2D eigenvalue weighted by molar-refractivity contribution is 5.66. The third-order valence-corrected chi connectivity index (χ3v) is 4.58. The van der Waals surface area contributed by atoms with Crippen LogP contribution in [0.1, 0.15) is 30.5 Å². The predicted octanol–water partition coefficient (Wildman–Crippen LogP) is 3.08. The van der Waals surface area contributed by atoms with E-state index in [4.69, 9.17) is 0 Å². The minimum Gasteiger partial charge on any atom is -0.289 e. The van der Waals surface area contributed by atoms with Gasteiger partial charge >= 0.3 is 5.69 Å². The van der Waals surface area contributed by atoms with E-state index in [0.717, 1.165) is 24.0 Å². The van der Waals surface area contributed by atoms with Gasteiger partial charge in [-0.3, -0.25) is 9.99 Å². The van der Waals surface area contributed by atoms with Gasteiger partial charge in [-0.05, 0) is 29.5 Å². The molecule has 3 rings (SSSR count). The number of anilines is 1. The average Bonchev–Trinajstić information content (AvgIpc) is 2.70. The molecule has 2 N–H and O–H groups in total. The topological polar surface area (TPSA) is 71.8 Å². The molecule has 6 nitrogen and oxygen atoms in total. The molecule has 0 saturated heterocycles. The van der Waals surface area contributed by atoms with Crippen molar-refractivity contribution in [2.45, 2.75) is 33.2 Å². The summed E-state index contributed by atoms with van der Waals surface area (Å²) < 4.78 is 1.51. The smallest absolute Gasteiger partial charge is 0.289 e. The van der Waals surface area contributed by atoms with Crippen molar-refractivity contribution in [1.29, 1.82) is 0 Å². The molecule has 0 unspecified atom stereocenters. The number of hydrogen-bond donors (Lipinski definition) is 2. The maximum Gasteiger partial charge on any atom is 0.352 e. The number of hydrogen-bond acceptors (Lipinski definition) is 5. The van der Waals surface area contributed by atoms with Crippen molar-refractivity contribution >= 4 is 5.95 Å². The lowest BCUT2D eigenvalue weighted by molar-refractivity contribution is 0.745. The summed E-state index contributed by atoms with van der Waals surface area (Å²) in [7, 11) is 1.71. The Morgan fingerprint density at radius 3 is 2.22 bits per heavy atom. The Balaban J connectivity index is 1.92. The van der Waals surface area contributed by atoms with Crippen LogP contribution < -0.4 is 16.5 Å². The Kier molecular flexibility index (Phi) is 5.98. The summed E-state index contributed by atoms with van der Waals surface area (Å²) in [6, 6.07) is 16.2. The lowest BCUT2D eigenvalue weighted by atomic mass is 9.97. The molecule has 0 bridgehead atoms. The molecular weight excluding hydrogens is 338 g/mol. The van der Waals surface area contributed by atoms with Crippen LogP contribution in [0.5, 0.6) is 0 Å². The highest BCUT2D eigenvalue weighted by atomic mass is 16.1. The zero-order valence-electron chi connectivity index (χ0n) is 16.0. The van der Waals surface area contributed by atoms with Gasteiger partial charge in [-0.15, -0.1) is 0 Å². The number of hydrazine groups is 1. The van der Waals surface area contributed by atoms with Crippen molar-refractivity contribution in [2.75, 3.05) is 5.43 Å². The van der Waals surface area contributed by atoms with Crippen molar-refractivity contribution < 1.29 is 0 Å². The van der Waals surface area contributed by atoms with E-state index < -0.39 is 0 Å². The zero-order chi connectivity index (χ0) is 19.2. The van der Waals surface area contributed by atoms with Crippen LogP contribution >= 0.6 is 0 Å². The van der Waals surface area contributed by atoms with Gasteiger partial charge in [0.15, 0.2) is 0 Å². The maximum atomic E-state index is 12.4. The number of rotatable bonds is 7. The summed E-state index contributed by atoms with van der Waals surface area (Å²) in [4.78, 5) is 21.1. The highest BCUT2D eigenvalue weighted by Gasteiger charge is 2.15. The predicted molar refractivity (Wildman–Crippen MR) is 108 cm³/mol. The molecule has 0 radical (unpaired) electrons. The first kappa shape index (κ1) is 18.8. The number of nitrogens with one attached hydrogen (secondary N) is 2. The summed E-state index contributed by atoms with van der Waals surface area (Å²) >= 11 is 0. The van der Waals surface area contributed by atoms with E-state index in [1.165, 1.54) is 15.7 Å². The van der Waals surface area contributed by atoms with Gasteiger partial charge in [-0.1, -0.05) is 62.4 Å². The SMILES string of the molecule is CCc1cccc(CC)c1-c1nc(NNCc2ccccc2)nc(=O)n1C. The minimum atomic E-state index is -0.336. The van der Waals surface area contributed by atoms with Gasteiger partial charge in [-0.25, -0.2) is 10.2 Å². The van der Waals surface area contributed by atoms with Crippen LogP contribution in [0.15, 0.2) is 53.3 Å². The second-order valence-corrected chi connectivity index (χ2v) is 6.33. The van der Waals surface area contributed by atoms with Gasteiger partial charge in [0.25, 0.3) is 0 Å². The fourth-order valence-corrected chi connectivity index (χ4v) is 3.09. The lowest BCUT2D eigenvalue weighted by Crippen LogP contribution is -2.29. The summed E-state index contributed by atoms with van der Waals surface area (Å²) in [6.45, 7) is 4.82. The highest BCUT2D eigenvalue weighted by Crippen LogP contribution is 2.26. The Hall–Kier alpha value is -2.99. The van der Waals surface area contributed by atoms with Crippen LogP contribution in [0.3, 0.4) is 0 Å². The Morgan fingerprint density at radius 2 is 1.59 bits per heavy atom. The van der Waals surface area contributed by atoms with E-state index in [-0.39, 0.29) is 11.6 Å². The molecule has 0 amide bonds. The summed E-state index contributed by atoms with van der Waals surface area (Å²) in [5, 5.41) is 0. The monoisotopic (exact) mass is 363 g/mol. The number of aromatic nitrogens is 3. The third-order valence-electron chi connectivity index (χ3n) is 4.58. The van der Waals surface area contributed by atoms with Crippen LogP contribution in [-0.4, -0.2) is 14.5 Å². The molecule has 0 atom stereocenters. The zero-order valence-corrected chi connectivity index (χ0v) is 16.0. The van der Waals surface area contributed by atoms with Crippen molar-refractivity contribution in [2.24, 2.45) is 7.05 Å². The Labute approximate surface area is 159 Å². The maximum absolute atomic E-state index is 12.4. The lowest BCUT2D eigenvalue weighted by Gasteiger charge is -2.16. The minimum absolute atomic E-state index is 0.275. The molecule has 27 heavy (non-hydrogen) atoms. The van der Waals surface area contributed by atoms with Crippen LogP contribution in [-0.2, 0) is 26.4 Å². The van der Waals surface area contributed by atoms with Crippen molar-refractivity contribution in [3.05, 3.63) is 75.7 Å². The summed E-state index contributed by atoms with van der Waals surface area (Å²) in [5.41, 5.74) is 10.2. The molecule has 3 aromatic rings. The van der Waals surface area contributed by atoms with Crippen LogP contribution in [0, 0.1) is 0 Å². The average molecular weight is 363 g/mol. The fraction of sp³-hybridized carbons (Fsp3) is 0.286. The largest absolute Gasteiger partial charge is 0.352 e. The summed E-state index contributed by atoms with van der Waals surface area (Å²) in [6.07, 6.45) is 1.74. The molecule has 0 aliphatic carbocycles. The second-order valence-electron chi connectivity index (χ2n) is 6.33. The first-order chi connectivity index (χ1) is 13.1. The van der Waals surface area contributed by atoms with Crippen molar-refractivity contribution in [3.63, 3.8) is 0 Å². The van der Waals surface area contributed by atoms with Gasteiger partial charge in [-0.2, -0.15) is 9.97 Å².